The molecular formula is C20H16FN7. The Bertz CT molecular complexity index is 1280. The maximum Gasteiger partial charge on any atom is 0.182 e. The molecule has 5 rings (SSSR count). The van der Waals surface area contributed by atoms with Crippen molar-refractivity contribution in [2.24, 2.45) is 0 Å². The average molecular weight is 373 g/mol. The van der Waals surface area contributed by atoms with Gasteiger partial charge >= 0.3 is 0 Å². The highest BCUT2D eigenvalue weighted by Crippen LogP contribution is 2.28. The number of halogens is 1. The molecule has 5 aromatic rings. The second kappa shape index (κ2) is 6.41. The number of para-hydroxylation sites is 1. The summed E-state index contributed by atoms with van der Waals surface area (Å²) in [5.41, 5.74) is 3.66. The van der Waals surface area contributed by atoms with Crippen molar-refractivity contribution in [3.8, 4) is 5.69 Å². The zero-order valence-corrected chi connectivity index (χ0v) is 15.0. The Labute approximate surface area is 159 Å². The molecule has 2 aromatic carbocycles. The number of aromatic nitrogens is 6. The third-order valence-corrected chi connectivity index (χ3v) is 4.62. The van der Waals surface area contributed by atoms with Crippen LogP contribution in [0, 0.1) is 5.82 Å². The first-order chi connectivity index (χ1) is 13.7. The topological polar surface area (TPSA) is 84.3 Å². The fourth-order valence-electron chi connectivity index (χ4n) is 3.35. The van der Waals surface area contributed by atoms with E-state index < -0.39 is 0 Å². The summed E-state index contributed by atoms with van der Waals surface area (Å²) < 4.78 is 15.9. The highest BCUT2D eigenvalue weighted by atomic mass is 19.1. The van der Waals surface area contributed by atoms with Crippen molar-refractivity contribution in [3.63, 3.8) is 0 Å². The molecule has 0 aliphatic rings. The second-order valence-corrected chi connectivity index (χ2v) is 6.46. The number of aromatic amines is 1. The van der Waals surface area contributed by atoms with E-state index >= 15 is 0 Å². The first kappa shape index (κ1) is 16.4. The normalized spacial score (nSPS) is 12.5. The van der Waals surface area contributed by atoms with E-state index in [1.54, 1.807) is 12.4 Å². The van der Waals surface area contributed by atoms with Gasteiger partial charge in [-0.15, -0.1) is 0 Å². The molecule has 3 heterocycles. The quantitative estimate of drug-likeness (QED) is 0.497. The van der Waals surface area contributed by atoms with Gasteiger partial charge in [0.05, 0.1) is 23.4 Å². The van der Waals surface area contributed by atoms with E-state index in [9.17, 15) is 4.39 Å². The largest absolute Gasteiger partial charge is 0.358 e. The summed E-state index contributed by atoms with van der Waals surface area (Å²) in [6.07, 6.45) is 3.05. The van der Waals surface area contributed by atoms with E-state index in [0.717, 1.165) is 22.5 Å². The van der Waals surface area contributed by atoms with Crippen LogP contribution in [0.3, 0.4) is 0 Å². The lowest BCUT2D eigenvalue weighted by Gasteiger charge is -2.17. The van der Waals surface area contributed by atoms with E-state index in [0.29, 0.717) is 17.0 Å². The average Bonchev–Trinajstić information content (AvgIpc) is 3.33. The van der Waals surface area contributed by atoms with Crippen LogP contribution in [-0.4, -0.2) is 29.5 Å². The van der Waals surface area contributed by atoms with Crippen LogP contribution in [0.15, 0.2) is 61.2 Å². The van der Waals surface area contributed by atoms with Gasteiger partial charge in [-0.1, -0.05) is 18.2 Å². The molecule has 0 saturated carbocycles. The maximum atomic E-state index is 13.9. The lowest BCUT2D eigenvalue weighted by Crippen LogP contribution is -2.14. The Morgan fingerprint density at radius 2 is 1.93 bits per heavy atom. The second-order valence-electron chi connectivity index (χ2n) is 6.46. The number of H-pyrrole nitrogens is 1. The lowest BCUT2D eigenvalue weighted by atomic mass is 10.2. The molecule has 28 heavy (non-hydrogen) atoms. The van der Waals surface area contributed by atoms with Crippen LogP contribution < -0.4 is 5.32 Å². The number of anilines is 1. The van der Waals surface area contributed by atoms with Gasteiger partial charge in [0.1, 0.15) is 23.5 Å². The van der Waals surface area contributed by atoms with Crippen LogP contribution in [0.2, 0.25) is 0 Å². The number of hydrogen-bond donors (Lipinski definition) is 2. The molecule has 0 spiro atoms. The monoisotopic (exact) mass is 373 g/mol. The van der Waals surface area contributed by atoms with E-state index in [4.69, 9.17) is 4.98 Å². The van der Waals surface area contributed by atoms with Gasteiger partial charge in [-0.3, -0.25) is 4.57 Å². The molecule has 0 aliphatic heterocycles. The standard InChI is InChI=1S/C20H16FN7/c1-12(26-19-17-18(23-10-22-17)24-11-25-19)20-27-15-8-7-13(21)9-16(15)28(20)14-5-3-2-4-6-14/h2-12H,1H3,(H2,22,23,24,25,26)/t12-/m0/s1. The van der Waals surface area contributed by atoms with E-state index in [2.05, 4.69) is 25.3 Å². The smallest absolute Gasteiger partial charge is 0.182 e. The van der Waals surface area contributed by atoms with Gasteiger partial charge in [0, 0.05) is 11.8 Å². The van der Waals surface area contributed by atoms with Crippen LogP contribution in [-0.2, 0) is 0 Å². The molecule has 2 N–H and O–H groups in total. The first-order valence-corrected chi connectivity index (χ1v) is 8.84. The minimum atomic E-state index is -0.299. The molecule has 138 valence electrons. The van der Waals surface area contributed by atoms with Crippen LogP contribution in [0.1, 0.15) is 18.8 Å². The highest BCUT2D eigenvalue weighted by Gasteiger charge is 2.20. The third kappa shape index (κ3) is 2.66. The van der Waals surface area contributed by atoms with Gasteiger partial charge in [0.25, 0.3) is 0 Å². The molecule has 7 nitrogen and oxygen atoms in total. The van der Waals surface area contributed by atoms with Crippen molar-refractivity contribution in [2.45, 2.75) is 13.0 Å². The molecule has 0 fully saturated rings. The summed E-state index contributed by atoms with van der Waals surface area (Å²) in [6.45, 7) is 1.99. The lowest BCUT2D eigenvalue weighted by molar-refractivity contribution is 0.629. The van der Waals surface area contributed by atoms with Gasteiger partial charge in [-0.2, -0.15) is 0 Å². The van der Waals surface area contributed by atoms with Crippen molar-refractivity contribution in [1.82, 2.24) is 29.5 Å². The summed E-state index contributed by atoms with van der Waals surface area (Å²) in [7, 11) is 0. The van der Waals surface area contributed by atoms with Crippen molar-refractivity contribution >= 4 is 28.0 Å². The number of nitrogens with zero attached hydrogens (tertiary/aromatic N) is 5. The number of benzene rings is 2. The van der Waals surface area contributed by atoms with Crippen molar-refractivity contribution in [1.29, 1.82) is 0 Å². The summed E-state index contributed by atoms with van der Waals surface area (Å²) in [6, 6.07) is 14.2. The van der Waals surface area contributed by atoms with E-state index in [1.807, 2.05) is 41.8 Å². The predicted molar refractivity (Wildman–Crippen MR) is 105 cm³/mol. The van der Waals surface area contributed by atoms with E-state index in [-0.39, 0.29) is 11.9 Å². The Balaban J connectivity index is 1.64. The highest BCUT2D eigenvalue weighted by molar-refractivity contribution is 5.82. The number of nitrogens with one attached hydrogen (secondary N) is 2. The Kier molecular flexibility index (Phi) is 3.75. The molecule has 0 saturated heterocycles. The molecule has 0 amide bonds. The third-order valence-electron chi connectivity index (χ3n) is 4.62. The van der Waals surface area contributed by atoms with Gasteiger partial charge in [0.2, 0.25) is 0 Å². The fraction of sp³-hybridized carbons (Fsp3) is 0.100. The van der Waals surface area contributed by atoms with Crippen LogP contribution in [0.25, 0.3) is 27.9 Å². The summed E-state index contributed by atoms with van der Waals surface area (Å²) >= 11 is 0. The van der Waals surface area contributed by atoms with Crippen LogP contribution in [0.5, 0.6) is 0 Å². The Morgan fingerprint density at radius 3 is 2.79 bits per heavy atom. The first-order valence-electron chi connectivity index (χ1n) is 8.84. The van der Waals surface area contributed by atoms with Gasteiger partial charge in [0.15, 0.2) is 11.5 Å². The maximum absolute atomic E-state index is 13.9. The summed E-state index contributed by atoms with van der Waals surface area (Å²) in [5, 5.41) is 3.37. The molecule has 0 bridgehead atoms. The van der Waals surface area contributed by atoms with Gasteiger partial charge in [-0.25, -0.2) is 24.3 Å². The fourth-order valence-corrected chi connectivity index (χ4v) is 3.35. The SMILES string of the molecule is C[C@H](Nc1ncnc2nc[nH]c12)c1nc2ccc(F)cc2n1-c1ccccc1. The van der Waals surface area contributed by atoms with Gasteiger partial charge < -0.3 is 10.3 Å². The molecule has 3 aromatic heterocycles. The molecular weight excluding hydrogens is 357 g/mol. The minimum absolute atomic E-state index is 0.211. The number of imidazole rings is 2. The molecule has 8 heteroatoms. The zero-order chi connectivity index (χ0) is 19.1. The molecule has 0 unspecified atom stereocenters. The summed E-state index contributed by atoms with van der Waals surface area (Å²) in [5.74, 6) is 1.08. The summed E-state index contributed by atoms with van der Waals surface area (Å²) in [4.78, 5) is 20.4. The van der Waals surface area contributed by atoms with Crippen molar-refractivity contribution < 1.29 is 4.39 Å². The Morgan fingerprint density at radius 1 is 1.07 bits per heavy atom. The van der Waals surface area contributed by atoms with E-state index in [1.165, 1.54) is 18.5 Å². The Hall–Kier alpha value is -3.81. The number of rotatable bonds is 4. The zero-order valence-electron chi connectivity index (χ0n) is 15.0. The van der Waals surface area contributed by atoms with Crippen LogP contribution in [0.4, 0.5) is 10.2 Å². The minimum Gasteiger partial charge on any atom is -0.358 e. The molecule has 0 aliphatic carbocycles. The van der Waals surface area contributed by atoms with Crippen molar-refractivity contribution in [2.75, 3.05) is 5.32 Å². The number of hydrogen-bond acceptors (Lipinski definition) is 5. The number of fused-ring (bicyclic) bond motifs is 2. The molecule has 0 radical (unpaired) electrons. The van der Waals surface area contributed by atoms with Crippen LogP contribution >= 0.6 is 0 Å². The molecule has 1 atom stereocenters. The van der Waals surface area contributed by atoms with Crippen molar-refractivity contribution in [3.05, 3.63) is 72.8 Å². The predicted octanol–water partition coefficient (Wildman–Crippen LogP) is 4.00. The van der Waals surface area contributed by atoms with Gasteiger partial charge in [-0.05, 0) is 31.2 Å².